The Kier molecular flexibility index (Phi) is 5.52. The number of carbonyl (C=O) groups excluding carboxylic acids is 1. The lowest BCUT2D eigenvalue weighted by Crippen LogP contribution is -2.30. The number of halogens is 1. The van der Waals surface area contributed by atoms with Crippen LogP contribution in [0.25, 0.3) is 0 Å². The van der Waals surface area contributed by atoms with Gasteiger partial charge in [-0.1, -0.05) is 11.6 Å². The van der Waals surface area contributed by atoms with Crippen LogP contribution in [0.1, 0.15) is 13.3 Å². The first-order chi connectivity index (χ1) is 8.47. The molecule has 1 amide bonds. The summed E-state index contributed by atoms with van der Waals surface area (Å²) in [7, 11) is -3.73. The van der Waals surface area contributed by atoms with Gasteiger partial charge in [0.25, 0.3) is 0 Å². The quantitative estimate of drug-likeness (QED) is 0.749. The van der Waals surface area contributed by atoms with Crippen molar-refractivity contribution in [2.75, 3.05) is 13.1 Å². The molecule has 0 unspecified atom stereocenters. The minimum Gasteiger partial charge on any atom is -0.356 e. The molecule has 0 atom stereocenters. The SMILES string of the molecule is CCNC(=O)CCNS(=O)(=O)c1cccnc1Cl. The number of nitrogens with zero attached hydrogens (tertiary/aromatic N) is 1. The average molecular weight is 292 g/mol. The summed E-state index contributed by atoms with van der Waals surface area (Å²) < 4.78 is 25.9. The predicted molar refractivity (Wildman–Crippen MR) is 67.7 cm³/mol. The first-order valence-electron chi connectivity index (χ1n) is 5.34. The van der Waals surface area contributed by atoms with Crippen LogP contribution < -0.4 is 10.0 Å². The highest BCUT2D eigenvalue weighted by Crippen LogP contribution is 2.17. The van der Waals surface area contributed by atoms with Crippen molar-refractivity contribution in [3.8, 4) is 0 Å². The van der Waals surface area contributed by atoms with Gasteiger partial charge in [0.2, 0.25) is 15.9 Å². The summed E-state index contributed by atoms with van der Waals surface area (Å²) in [5, 5.41) is 2.48. The van der Waals surface area contributed by atoms with Crippen molar-refractivity contribution in [1.29, 1.82) is 0 Å². The van der Waals surface area contributed by atoms with Gasteiger partial charge in [-0.05, 0) is 19.1 Å². The van der Waals surface area contributed by atoms with Gasteiger partial charge in [0, 0.05) is 25.7 Å². The number of amides is 1. The Labute approximate surface area is 111 Å². The van der Waals surface area contributed by atoms with Gasteiger partial charge < -0.3 is 5.32 Å². The molecule has 100 valence electrons. The normalized spacial score (nSPS) is 11.2. The van der Waals surface area contributed by atoms with E-state index in [4.69, 9.17) is 11.6 Å². The van der Waals surface area contributed by atoms with Crippen molar-refractivity contribution in [3.63, 3.8) is 0 Å². The summed E-state index contributed by atoms with van der Waals surface area (Å²) >= 11 is 5.69. The van der Waals surface area contributed by atoms with Crippen molar-refractivity contribution in [1.82, 2.24) is 15.0 Å². The van der Waals surface area contributed by atoms with E-state index < -0.39 is 10.0 Å². The average Bonchev–Trinajstić information content (AvgIpc) is 2.29. The molecule has 8 heteroatoms. The molecule has 1 rings (SSSR count). The van der Waals surface area contributed by atoms with E-state index in [1.807, 2.05) is 0 Å². The van der Waals surface area contributed by atoms with Crippen LogP contribution in [-0.4, -0.2) is 32.4 Å². The smallest absolute Gasteiger partial charge is 0.243 e. The van der Waals surface area contributed by atoms with Crippen molar-refractivity contribution >= 4 is 27.5 Å². The van der Waals surface area contributed by atoms with Gasteiger partial charge >= 0.3 is 0 Å². The number of carbonyl (C=O) groups is 1. The molecule has 18 heavy (non-hydrogen) atoms. The number of hydrogen-bond acceptors (Lipinski definition) is 4. The van der Waals surface area contributed by atoms with Crippen molar-refractivity contribution < 1.29 is 13.2 Å². The first-order valence-corrected chi connectivity index (χ1v) is 7.20. The second-order valence-corrected chi connectivity index (χ2v) is 5.49. The second-order valence-electron chi connectivity index (χ2n) is 3.39. The Morgan fingerprint density at radius 1 is 1.50 bits per heavy atom. The zero-order chi connectivity index (χ0) is 13.6. The molecule has 1 aromatic heterocycles. The van der Waals surface area contributed by atoms with E-state index in [9.17, 15) is 13.2 Å². The molecule has 0 saturated heterocycles. The highest BCUT2D eigenvalue weighted by Gasteiger charge is 2.17. The minimum atomic E-state index is -3.73. The molecule has 2 N–H and O–H groups in total. The monoisotopic (exact) mass is 291 g/mol. The molecule has 0 aliphatic carbocycles. The number of pyridine rings is 1. The van der Waals surface area contributed by atoms with Crippen LogP contribution in [0, 0.1) is 0 Å². The Bertz CT molecular complexity index is 519. The molecule has 0 spiro atoms. The molecule has 0 fully saturated rings. The maximum atomic E-state index is 11.8. The fourth-order valence-corrected chi connectivity index (χ4v) is 2.72. The third kappa shape index (κ3) is 4.25. The van der Waals surface area contributed by atoms with E-state index in [0.717, 1.165) is 0 Å². The third-order valence-electron chi connectivity index (χ3n) is 2.03. The molecule has 0 aliphatic rings. The van der Waals surface area contributed by atoms with Gasteiger partial charge in [0.15, 0.2) is 0 Å². The summed E-state index contributed by atoms with van der Waals surface area (Å²) in [4.78, 5) is 14.7. The Balaban J connectivity index is 2.61. The van der Waals surface area contributed by atoms with E-state index in [1.165, 1.54) is 18.3 Å². The minimum absolute atomic E-state index is 0.0133. The van der Waals surface area contributed by atoms with Gasteiger partial charge in [-0.15, -0.1) is 0 Å². The number of aromatic nitrogens is 1. The lowest BCUT2D eigenvalue weighted by molar-refractivity contribution is -0.120. The van der Waals surface area contributed by atoms with Crippen LogP contribution in [0.2, 0.25) is 5.15 Å². The van der Waals surface area contributed by atoms with Gasteiger partial charge in [-0.3, -0.25) is 4.79 Å². The molecule has 1 heterocycles. The topological polar surface area (TPSA) is 88.2 Å². The van der Waals surface area contributed by atoms with E-state index in [-0.39, 0.29) is 28.9 Å². The van der Waals surface area contributed by atoms with Crippen molar-refractivity contribution in [2.24, 2.45) is 0 Å². The maximum absolute atomic E-state index is 11.8. The van der Waals surface area contributed by atoms with Crippen LogP contribution in [0.3, 0.4) is 0 Å². The third-order valence-corrected chi connectivity index (χ3v) is 3.94. The van der Waals surface area contributed by atoms with Gasteiger partial charge in [-0.2, -0.15) is 0 Å². The Morgan fingerprint density at radius 3 is 2.83 bits per heavy atom. The van der Waals surface area contributed by atoms with Gasteiger partial charge in [0.1, 0.15) is 10.0 Å². The summed E-state index contributed by atoms with van der Waals surface area (Å²) in [6.45, 7) is 2.32. The summed E-state index contributed by atoms with van der Waals surface area (Å²) in [6, 6.07) is 2.83. The Morgan fingerprint density at radius 2 is 2.22 bits per heavy atom. The standard InChI is InChI=1S/C10H14ClN3O3S/c1-2-12-9(15)5-7-14-18(16,17)8-4-3-6-13-10(8)11/h3-4,6,14H,2,5,7H2,1H3,(H,12,15). The maximum Gasteiger partial charge on any atom is 0.243 e. The first kappa shape index (κ1) is 14.9. The van der Waals surface area contributed by atoms with Crippen LogP contribution in [-0.2, 0) is 14.8 Å². The summed E-state index contributed by atoms with van der Waals surface area (Å²) in [6.07, 6.45) is 1.47. The fourth-order valence-electron chi connectivity index (χ4n) is 1.23. The Hall–Kier alpha value is -1.18. The lowest BCUT2D eigenvalue weighted by Gasteiger charge is -2.07. The van der Waals surface area contributed by atoms with E-state index in [2.05, 4.69) is 15.0 Å². The van der Waals surface area contributed by atoms with Crippen LogP contribution in [0.4, 0.5) is 0 Å². The molecule has 1 aromatic rings. The van der Waals surface area contributed by atoms with Gasteiger partial charge in [0.05, 0.1) is 0 Å². The number of hydrogen-bond donors (Lipinski definition) is 2. The lowest BCUT2D eigenvalue weighted by atomic mass is 10.4. The molecule has 0 aliphatic heterocycles. The number of nitrogens with one attached hydrogen (secondary N) is 2. The van der Waals surface area contributed by atoms with Gasteiger partial charge in [-0.25, -0.2) is 18.1 Å². The predicted octanol–water partition coefficient (Wildman–Crippen LogP) is 0.540. The molecule has 0 bridgehead atoms. The van der Waals surface area contributed by atoms with Crippen molar-refractivity contribution in [3.05, 3.63) is 23.5 Å². The molecule has 0 aromatic carbocycles. The molecule has 0 saturated carbocycles. The number of sulfonamides is 1. The zero-order valence-corrected chi connectivity index (χ0v) is 11.4. The highest BCUT2D eigenvalue weighted by molar-refractivity contribution is 7.89. The zero-order valence-electron chi connectivity index (χ0n) is 9.81. The molecular formula is C10H14ClN3O3S. The largest absolute Gasteiger partial charge is 0.356 e. The van der Waals surface area contributed by atoms with E-state index in [1.54, 1.807) is 6.92 Å². The molecule has 6 nitrogen and oxygen atoms in total. The summed E-state index contributed by atoms with van der Waals surface area (Å²) in [5.74, 6) is -0.211. The fraction of sp³-hybridized carbons (Fsp3) is 0.400. The second kappa shape index (κ2) is 6.67. The van der Waals surface area contributed by atoms with E-state index in [0.29, 0.717) is 6.54 Å². The van der Waals surface area contributed by atoms with Crippen molar-refractivity contribution in [2.45, 2.75) is 18.2 Å². The highest BCUT2D eigenvalue weighted by atomic mass is 35.5. The molecular weight excluding hydrogens is 278 g/mol. The van der Waals surface area contributed by atoms with Crippen LogP contribution >= 0.6 is 11.6 Å². The van der Waals surface area contributed by atoms with E-state index >= 15 is 0 Å². The summed E-state index contributed by atoms with van der Waals surface area (Å²) in [5.41, 5.74) is 0. The molecule has 0 radical (unpaired) electrons. The number of rotatable bonds is 6. The van der Waals surface area contributed by atoms with Crippen LogP contribution in [0.15, 0.2) is 23.2 Å². The van der Waals surface area contributed by atoms with Crippen LogP contribution in [0.5, 0.6) is 0 Å².